The van der Waals surface area contributed by atoms with Gasteiger partial charge in [-0.3, -0.25) is 9.59 Å². The highest BCUT2D eigenvalue weighted by molar-refractivity contribution is 5.95. The summed E-state index contributed by atoms with van der Waals surface area (Å²) < 4.78 is 5.04. The normalized spacial score (nSPS) is 11.3. The smallest absolute Gasteiger partial charge is 0.287 e. The summed E-state index contributed by atoms with van der Waals surface area (Å²) in [5, 5.41) is 5.41. The third kappa shape index (κ3) is 5.03. The van der Waals surface area contributed by atoms with Gasteiger partial charge in [-0.1, -0.05) is 43.9 Å². The van der Waals surface area contributed by atoms with Gasteiger partial charge in [0.15, 0.2) is 5.76 Å². The van der Waals surface area contributed by atoms with Gasteiger partial charge in [-0.25, -0.2) is 0 Å². The predicted octanol–water partition coefficient (Wildman–Crippen LogP) is 2.20. The largest absolute Gasteiger partial charge is 0.459 e. The minimum Gasteiger partial charge on any atom is -0.459 e. The third-order valence-electron chi connectivity index (χ3n) is 3.34. The average Bonchev–Trinajstić information content (AvgIpc) is 3.11. The summed E-state index contributed by atoms with van der Waals surface area (Å²) in [4.78, 5) is 24.3. The quantitative estimate of drug-likeness (QED) is 0.828. The van der Waals surface area contributed by atoms with Crippen LogP contribution in [0.4, 0.5) is 0 Å². The fraction of sp³-hybridized carbons (Fsp3) is 0.263. The Bertz CT molecular complexity index is 725. The number of nitrogens with one attached hydrogen (secondary N) is 2. The highest BCUT2D eigenvalue weighted by atomic mass is 16.3. The molecule has 5 nitrogen and oxygen atoms in total. The summed E-state index contributed by atoms with van der Waals surface area (Å²) >= 11 is 0. The van der Waals surface area contributed by atoms with Crippen LogP contribution in [0.2, 0.25) is 0 Å². The number of carbonyl (C=O) groups is 2. The molecule has 0 aliphatic carbocycles. The van der Waals surface area contributed by atoms with Crippen molar-refractivity contribution in [1.82, 2.24) is 10.6 Å². The first-order valence-electron chi connectivity index (χ1n) is 7.74. The number of amides is 2. The van der Waals surface area contributed by atoms with Gasteiger partial charge in [0.25, 0.3) is 5.91 Å². The molecule has 1 atom stereocenters. The van der Waals surface area contributed by atoms with Gasteiger partial charge in [0, 0.05) is 5.56 Å². The van der Waals surface area contributed by atoms with E-state index in [2.05, 4.69) is 22.5 Å². The molecule has 1 heterocycles. The molecule has 2 rings (SSSR count). The van der Waals surface area contributed by atoms with Crippen molar-refractivity contribution < 1.29 is 14.0 Å². The van der Waals surface area contributed by atoms with Crippen LogP contribution in [0.1, 0.15) is 30.0 Å². The monoisotopic (exact) mass is 324 g/mol. The second-order valence-corrected chi connectivity index (χ2v) is 5.56. The zero-order valence-corrected chi connectivity index (χ0v) is 13.7. The summed E-state index contributed by atoms with van der Waals surface area (Å²) in [6.45, 7) is 3.94. The fourth-order valence-electron chi connectivity index (χ4n) is 2.06. The molecule has 1 unspecified atom stereocenters. The number of hydrogen-bond donors (Lipinski definition) is 2. The van der Waals surface area contributed by atoms with Gasteiger partial charge >= 0.3 is 0 Å². The molecule has 2 N–H and O–H groups in total. The van der Waals surface area contributed by atoms with Crippen molar-refractivity contribution in [3.05, 3.63) is 60.1 Å². The zero-order chi connectivity index (χ0) is 17.4. The summed E-state index contributed by atoms with van der Waals surface area (Å²) in [6, 6.07) is 12.0. The molecule has 1 aromatic heterocycles. The third-order valence-corrected chi connectivity index (χ3v) is 3.34. The highest BCUT2D eigenvalue weighted by Gasteiger charge is 2.25. The number of carbonyl (C=O) groups excluding carboxylic acids is 2. The molecule has 0 saturated carbocycles. The van der Waals surface area contributed by atoms with E-state index in [0.29, 0.717) is 0 Å². The lowest BCUT2D eigenvalue weighted by molar-refractivity contribution is -0.123. The van der Waals surface area contributed by atoms with E-state index in [9.17, 15) is 9.59 Å². The Labute approximate surface area is 141 Å². The van der Waals surface area contributed by atoms with Crippen molar-refractivity contribution in [2.24, 2.45) is 5.92 Å². The van der Waals surface area contributed by atoms with E-state index < -0.39 is 11.9 Å². The van der Waals surface area contributed by atoms with Gasteiger partial charge in [-0.05, 0) is 30.2 Å². The lowest BCUT2D eigenvalue weighted by Crippen LogP contribution is -2.49. The van der Waals surface area contributed by atoms with Crippen LogP contribution in [0.25, 0.3) is 0 Å². The Morgan fingerprint density at radius 2 is 1.88 bits per heavy atom. The Morgan fingerprint density at radius 1 is 1.12 bits per heavy atom. The van der Waals surface area contributed by atoms with Gasteiger partial charge in [0.1, 0.15) is 6.04 Å². The van der Waals surface area contributed by atoms with Crippen LogP contribution < -0.4 is 10.6 Å². The van der Waals surface area contributed by atoms with Crippen molar-refractivity contribution in [2.75, 3.05) is 6.54 Å². The van der Waals surface area contributed by atoms with Crippen LogP contribution in [0.5, 0.6) is 0 Å². The molecule has 0 radical (unpaired) electrons. The fourth-order valence-corrected chi connectivity index (χ4v) is 2.06. The maximum atomic E-state index is 12.3. The van der Waals surface area contributed by atoms with Crippen LogP contribution in [0, 0.1) is 17.8 Å². The van der Waals surface area contributed by atoms with Gasteiger partial charge in [0.2, 0.25) is 5.91 Å². The predicted molar refractivity (Wildman–Crippen MR) is 91.1 cm³/mol. The van der Waals surface area contributed by atoms with Crippen molar-refractivity contribution in [3.63, 3.8) is 0 Å². The van der Waals surface area contributed by atoms with Gasteiger partial charge in [0.05, 0.1) is 12.8 Å². The van der Waals surface area contributed by atoms with Gasteiger partial charge in [-0.15, -0.1) is 0 Å². The van der Waals surface area contributed by atoms with Crippen LogP contribution in [0.15, 0.2) is 53.1 Å². The van der Waals surface area contributed by atoms with Gasteiger partial charge < -0.3 is 15.1 Å². The summed E-state index contributed by atoms with van der Waals surface area (Å²) in [5.74, 6) is 5.29. The van der Waals surface area contributed by atoms with E-state index in [4.69, 9.17) is 4.42 Å². The molecule has 0 aliphatic rings. The first-order chi connectivity index (χ1) is 11.6. The molecule has 1 aromatic carbocycles. The van der Waals surface area contributed by atoms with E-state index in [1.807, 2.05) is 44.2 Å². The number of furan rings is 1. The first-order valence-corrected chi connectivity index (χ1v) is 7.74. The molecule has 0 saturated heterocycles. The molecule has 124 valence electrons. The van der Waals surface area contributed by atoms with Crippen molar-refractivity contribution >= 4 is 11.8 Å². The summed E-state index contributed by atoms with van der Waals surface area (Å²) in [7, 11) is 0. The van der Waals surface area contributed by atoms with Crippen LogP contribution in [-0.4, -0.2) is 24.4 Å². The second-order valence-electron chi connectivity index (χ2n) is 5.56. The number of rotatable bonds is 5. The minimum atomic E-state index is -0.652. The summed E-state index contributed by atoms with van der Waals surface area (Å²) in [5.41, 5.74) is 0.887. The maximum Gasteiger partial charge on any atom is 0.287 e. The summed E-state index contributed by atoms with van der Waals surface area (Å²) in [6.07, 6.45) is 1.42. The molecule has 0 fully saturated rings. The average molecular weight is 324 g/mol. The lowest BCUT2D eigenvalue weighted by Gasteiger charge is -2.20. The van der Waals surface area contributed by atoms with E-state index in [1.54, 1.807) is 12.1 Å². The van der Waals surface area contributed by atoms with Crippen LogP contribution in [-0.2, 0) is 4.79 Å². The second kappa shape index (κ2) is 8.59. The highest BCUT2D eigenvalue weighted by Crippen LogP contribution is 2.05. The Kier molecular flexibility index (Phi) is 6.21. The van der Waals surface area contributed by atoms with E-state index in [1.165, 1.54) is 6.26 Å². The Morgan fingerprint density at radius 3 is 2.50 bits per heavy atom. The molecule has 0 bridgehead atoms. The Hall–Kier alpha value is -3.00. The Balaban J connectivity index is 1.90. The van der Waals surface area contributed by atoms with Crippen LogP contribution in [0.3, 0.4) is 0 Å². The molecular formula is C19H20N2O3. The van der Waals surface area contributed by atoms with Crippen molar-refractivity contribution in [1.29, 1.82) is 0 Å². The number of hydrogen-bond acceptors (Lipinski definition) is 3. The molecule has 0 aliphatic heterocycles. The molecular weight excluding hydrogens is 304 g/mol. The lowest BCUT2D eigenvalue weighted by atomic mass is 10.0. The topological polar surface area (TPSA) is 71.3 Å². The SMILES string of the molecule is CC(C)C(NC(=O)c1ccco1)C(=O)NCC#Cc1ccccc1. The van der Waals surface area contributed by atoms with Crippen molar-refractivity contribution in [2.45, 2.75) is 19.9 Å². The number of benzene rings is 1. The van der Waals surface area contributed by atoms with E-state index >= 15 is 0 Å². The maximum absolute atomic E-state index is 12.3. The molecule has 2 aromatic rings. The molecule has 2 amide bonds. The van der Waals surface area contributed by atoms with E-state index in [0.717, 1.165) is 5.56 Å². The van der Waals surface area contributed by atoms with Crippen LogP contribution >= 0.6 is 0 Å². The van der Waals surface area contributed by atoms with Gasteiger partial charge in [-0.2, -0.15) is 0 Å². The standard InChI is InChI=1S/C19H20N2O3/c1-14(2)17(21-18(22)16-11-7-13-24-16)19(23)20-12-6-10-15-8-4-3-5-9-15/h3-5,7-9,11,13-14,17H,12H2,1-2H3,(H,20,23)(H,21,22). The minimum absolute atomic E-state index is 0.0639. The molecule has 0 spiro atoms. The van der Waals surface area contributed by atoms with Crippen molar-refractivity contribution in [3.8, 4) is 11.8 Å². The molecule has 24 heavy (non-hydrogen) atoms. The van der Waals surface area contributed by atoms with E-state index in [-0.39, 0.29) is 24.1 Å². The zero-order valence-electron chi connectivity index (χ0n) is 13.7. The first kappa shape index (κ1) is 17.4. The molecule has 5 heteroatoms.